The van der Waals surface area contributed by atoms with E-state index >= 15 is 0 Å². The summed E-state index contributed by atoms with van der Waals surface area (Å²) in [6, 6.07) is 5.74. The smallest absolute Gasteiger partial charge is 0.340 e. The lowest BCUT2D eigenvalue weighted by molar-refractivity contribution is -0.136. The highest BCUT2D eigenvalue weighted by Crippen LogP contribution is 2.32. The van der Waals surface area contributed by atoms with Gasteiger partial charge in [0.25, 0.3) is 5.91 Å². The minimum atomic E-state index is -0.561. The van der Waals surface area contributed by atoms with Gasteiger partial charge in [-0.05, 0) is 43.5 Å². The van der Waals surface area contributed by atoms with E-state index in [4.69, 9.17) is 9.47 Å². The molecule has 0 spiro atoms. The van der Waals surface area contributed by atoms with Gasteiger partial charge in [0.15, 0.2) is 0 Å². The van der Waals surface area contributed by atoms with E-state index in [1.54, 1.807) is 30.0 Å². The van der Waals surface area contributed by atoms with Crippen molar-refractivity contribution in [2.24, 2.45) is 0 Å². The first-order chi connectivity index (χ1) is 12.0. The van der Waals surface area contributed by atoms with Gasteiger partial charge in [-0.1, -0.05) is 12.1 Å². The normalized spacial score (nSPS) is 22.2. The van der Waals surface area contributed by atoms with Crippen LogP contribution in [0.5, 0.6) is 0 Å². The fourth-order valence-electron chi connectivity index (χ4n) is 3.17. The third kappa shape index (κ3) is 3.49. The number of carbonyl (C=O) groups is 2. The number of nitrogens with zero attached hydrogens (tertiary/aromatic N) is 1. The summed E-state index contributed by atoms with van der Waals surface area (Å²) in [7, 11) is 1.28. The van der Waals surface area contributed by atoms with Crippen LogP contribution in [0.3, 0.4) is 0 Å². The Morgan fingerprint density at radius 1 is 1.40 bits per heavy atom. The fraction of sp³-hybridized carbons (Fsp3) is 0.368. The molecule has 1 fully saturated rings. The summed E-state index contributed by atoms with van der Waals surface area (Å²) in [5.74, 6) is -1.19. The number of halogens is 1. The summed E-state index contributed by atoms with van der Waals surface area (Å²) in [5.41, 5.74) is 1.70. The molecule has 25 heavy (non-hydrogen) atoms. The van der Waals surface area contributed by atoms with Gasteiger partial charge in [0, 0.05) is 12.3 Å². The molecule has 0 radical (unpaired) electrons. The molecular formula is C19H20FNO4. The van der Waals surface area contributed by atoms with Gasteiger partial charge in [-0.2, -0.15) is 0 Å². The zero-order chi connectivity index (χ0) is 18.0. The molecule has 2 heterocycles. The maximum absolute atomic E-state index is 13.1. The Labute approximate surface area is 145 Å². The minimum absolute atomic E-state index is 0.0250. The van der Waals surface area contributed by atoms with Crippen LogP contribution in [0.1, 0.15) is 25.3 Å². The third-order valence-corrected chi connectivity index (χ3v) is 4.49. The van der Waals surface area contributed by atoms with Crippen molar-refractivity contribution in [1.29, 1.82) is 0 Å². The molecule has 0 aliphatic carbocycles. The number of hydrogen-bond donors (Lipinski definition) is 0. The first-order valence-electron chi connectivity index (χ1n) is 8.21. The van der Waals surface area contributed by atoms with Crippen molar-refractivity contribution in [2.75, 3.05) is 20.3 Å². The zero-order valence-corrected chi connectivity index (χ0v) is 14.3. The summed E-state index contributed by atoms with van der Waals surface area (Å²) < 4.78 is 23.6. The van der Waals surface area contributed by atoms with E-state index < -0.39 is 5.97 Å². The number of ether oxygens (including phenoxy) is 2. The second kappa shape index (κ2) is 7.19. The van der Waals surface area contributed by atoms with Crippen molar-refractivity contribution in [2.45, 2.75) is 25.9 Å². The van der Waals surface area contributed by atoms with Gasteiger partial charge in [0.1, 0.15) is 5.82 Å². The average Bonchev–Trinajstić information content (AvgIpc) is 3.19. The molecule has 1 unspecified atom stereocenters. The molecule has 3 rings (SSSR count). The van der Waals surface area contributed by atoms with Crippen molar-refractivity contribution in [3.8, 4) is 0 Å². The molecule has 1 saturated heterocycles. The third-order valence-electron chi connectivity index (χ3n) is 4.49. The number of allylic oxidation sites excluding steroid dienone is 1. The van der Waals surface area contributed by atoms with Gasteiger partial charge in [-0.3, -0.25) is 4.79 Å². The lowest BCUT2D eigenvalue weighted by Gasteiger charge is -2.21. The Kier molecular flexibility index (Phi) is 4.99. The van der Waals surface area contributed by atoms with Crippen LogP contribution in [0, 0.1) is 5.82 Å². The van der Waals surface area contributed by atoms with Crippen LogP contribution in [-0.2, 0) is 19.1 Å². The van der Waals surface area contributed by atoms with E-state index in [0.29, 0.717) is 24.4 Å². The quantitative estimate of drug-likeness (QED) is 0.622. The molecule has 0 aromatic heterocycles. The fourth-order valence-corrected chi connectivity index (χ4v) is 3.17. The highest BCUT2D eigenvalue weighted by Gasteiger charge is 2.38. The van der Waals surface area contributed by atoms with Gasteiger partial charge >= 0.3 is 5.97 Å². The predicted octanol–water partition coefficient (Wildman–Crippen LogP) is 2.68. The second-order valence-electron chi connectivity index (χ2n) is 6.11. The van der Waals surface area contributed by atoms with Gasteiger partial charge in [-0.15, -0.1) is 0 Å². The number of esters is 1. The summed E-state index contributed by atoms with van der Waals surface area (Å²) in [4.78, 5) is 26.7. The first kappa shape index (κ1) is 17.4. The van der Waals surface area contributed by atoms with Gasteiger partial charge in [-0.25, -0.2) is 9.18 Å². The maximum atomic E-state index is 13.1. The molecular weight excluding hydrogens is 325 g/mol. The molecule has 1 amide bonds. The number of benzene rings is 1. The van der Waals surface area contributed by atoms with E-state index in [1.807, 2.05) is 0 Å². The lowest BCUT2D eigenvalue weighted by atomic mass is 10.0. The van der Waals surface area contributed by atoms with E-state index in [9.17, 15) is 14.0 Å². The van der Waals surface area contributed by atoms with E-state index in [-0.39, 0.29) is 29.0 Å². The highest BCUT2D eigenvalue weighted by atomic mass is 19.1. The molecule has 1 aromatic rings. The molecule has 0 bridgehead atoms. The topological polar surface area (TPSA) is 55.8 Å². The number of amides is 1. The van der Waals surface area contributed by atoms with Crippen molar-refractivity contribution >= 4 is 18.0 Å². The summed E-state index contributed by atoms with van der Waals surface area (Å²) in [6.07, 6.45) is 3.43. The lowest BCUT2D eigenvalue weighted by Crippen LogP contribution is -2.33. The molecule has 6 heteroatoms. The standard InChI is InChI=1S/C19H20FNO4/c1-12-17(19(23)24-2)16(10-13-5-7-14(20)8-6-13)18(22)21(12)11-15-4-3-9-25-15/h5-8,10,15H,3-4,9,11H2,1-2H3/b16-10-. The van der Waals surface area contributed by atoms with Gasteiger partial charge < -0.3 is 14.4 Å². The Balaban J connectivity index is 1.96. The number of methoxy groups -OCH3 is 1. The molecule has 2 aliphatic heterocycles. The van der Waals surface area contributed by atoms with E-state index in [2.05, 4.69) is 0 Å². The SMILES string of the molecule is COC(=O)C1=C(C)N(CC2CCCO2)C(=O)/C1=C\c1ccc(F)cc1. The molecule has 2 aliphatic rings. The van der Waals surface area contributed by atoms with Crippen molar-refractivity contribution < 1.29 is 23.5 Å². The summed E-state index contributed by atoms with van der Waals surface area (Å²) >= 11 is 0. The zero-order valence-electron chi connectivity index (χ0n) is 14.3. The number of hydrogen-bond acceptors (Lipinski definition) is 4. The second-order valence-corrected chi connectivity index (χ2v) is 6.11. The Hall–Kier alpha value is -2.47. The van der Waals surface area contributed by atoms with E-state index in [1.165, 1.54) is 19.2 Å². The van der Waals surface area contributed by atoms with Gasteiger partial charge in [0.2, 0.25) is 0 Å². The summed E-state index contributed by atoms with van der Waals surface area (Å²) in [6.45, 7) is 2.83. The molecule has 132 valence electrons. The summed E-state index contributed by atoms with van der Waals surface area (Å²) in [5, 5.41) is 0. The Bertz CT molecular complexity index is 745. The monoisotopic (exact) mass is 345 g/mol. The molecule has 1 aromatic carbocycles. The predicted molar refractivity (Wildman–Crippen MR) is 89.8 cm³/mol. The molecule has 5 nitrogen and oxygen atoms in total. The molecule has 0 N–H and O–H groups in total. The maximum Gasteiger partial charge on any atom is 0.340 e. The molecule has 1 atom stereocenters. The first-order valence-corrected chi connectivity index (χ1v) is 8.21. The number of carbonyl (C=O) groups excluding carboxylic acids is 2. The van der Waals surface area contributed by atoms with Crippen LogP contribution in [0.2, 0.25) is 0 Å². The Morgan fingerprint density at radius 3 is 2.72 bits per heavy atom. The van der Waals surface area contributed by atoms with Crippen LogP contribution in [0.4, 0.5) is 4.39 Å². The van der Waals surface area contributed by atoms with Gasteiger partial charge in [0.05, 0.1) is 30.9 Å². The van der Waals surface area contributed by atoms with Crippen LogP contribution >= 0.6 is 0 Å². The van der Waals surface area contributed by atoms with Crippen molar-refractivity contribution in [1.82, 2.24) is 4.90 Å². The van der Waals surface area contributed by atoms with E-state index in [0.717, 1.165) is 12.8 Å². The van der Waals surface area contributed by atoms with Crippen LogP contribution in [0.25, 0.3) is 6.08 Å². The largest absolute Gasteiger partial charge is 0.465 e. The van der Waals surface area contributed by atoms with Crippen LogP contribution < -0.4 is 0 Å². The van der Waals surface area contributed by atoms with Crippen molar-refractivity contribution in [3.05, 3.63) is 52.5 Å². The van der Waals surface area contributed by atoms with Crippen molar-refractivity contribution in [3.63, 3.8) is 0 Å². The Morgan fingerprint density at radius 2 is 2.12 bits per heavy atom. The average molecular weight is 345 g/mol. The van der Waals surface area contributed by atoms with Crippen LogP contribution in [-0.4, -0.2) is 43.1 Å². The molecule has 0 saturated carbocycles. The highest BCUT2D eigenvalue weighted by molar-refractivity contribution is 6.16. The number of rotatable bonds is 4. The van der Waals surface area contributed by atoms with Crippen LogP contribution in [0.15, 0.2) is 41.1 Å². The minimum Gasteiger partial charge on any atom is -0.465 e.